The van der Waals surface area contributed by atoms with E-state index in [1.807, 2.05) is 0 Å². The number of carbonyl (C=O) groups excluding carboxylic acids is 1. The predicted octanol–water partition coefficient (Wildman–Crippen LogP) is 2.11. The fraction of sp³-hybridized carbons (Fsp3) is 0.650. The number of piperazine rings is 1. The zero-order valence-electron chi connectivity index (χ0n) is 15.3. The normalized spacial score (nSPS) is 27.0. The van der Waals surface area contributed by atoms with Crippen LogP contribution in [0.5, 0.6) is 0 Å². The molecule has 1 aromatic rings. The molecule has 1 heterocycles. The van der Waals surface area contributed by atoms with Crippen LogP contribution in [0.15, 0.2) is 30.3 Å². The van der Waals surface area contributed by atoms with E-state index < -0.39 is 0 Å². The number of nitrogens with one attached hydrogen (secondary N) is 1. The van der Waals surface area contributed by atoms with Crippen LogP contribution in [0.2, 0.25) is 0 Å². The van der Waals surface area contributed by atoms with Gasteiger partial charge in [0, 0.05) is 51.1 Å². The first-order chi connectivity index (χ1) is 11.4. The highest BCUT2D eigenvalue weighted by atomic mass is 16.1. The Hall–Kier alpha value is -1.39. The van der Waals surface area contributed by atoms with Crippen LogP contribution in [0.3, 0.4) is 0 Å². The highest BCUT2D eigenvalue weighted by molar-refractivity contribution is 5.76. The third kappa shape index (κ3) is 3.65. The van der Waals surface area contributed by atoms with Crippen LogP contribution in [0.25, 0.3) is 0 Å². The van der Waals surface area contributed by atoms with E-state index >= 15 is 0 Å². The molecular weight excluding hydrogens is 298 g/mol. The first-order valence-electron chi connectivity index (χ1n) is 9.16. The zero-order valence-corrected chi connectivity index (χ0v) is 15.3. The van der Waals surface area contributed by atoms with Crippen LogP contribution >= 0.6 is 0 Å². The summed E-state index contributed by atoms with van der Waals surface area (Å²) < 4.78 is 0. The molecule has 1 unspecified atom stereocenters. The molecule has 1 saturated heterocycles. The van der Waals surface area contributed by atoms with E-state index in [0.29, 0.717) is 6.42 Å². The summed E-state index contributed by atoms with van der Waals surface area (Å²) in [6, 6.07) is 10.7. The first kappa shape index (κ1) is 17.4. The second-order valence-electron chi connectivity index (χ2n) is 8.18. The standard InChI is InChI=1S/C20H31N3O/c1-19(2)15-20(19,17-7-5-4-6-8-17)16-21-18(24)9-10-23-13-11-22(3)12-14-23/h4-8H,9-16H2,1-3H3,(H,21,24). The molecule has 1 amide bonds. The van der Waals surface area contributed by atoms with Crippen molar-refractivity contribution in [3.63, 3.8) is 0 Å². The van der Waals surface area contributed by atoms with Crippen molar-refractivity contribution in [1.29, 1.82) is 0 Å². The summed E-state index contributed by atoms with van der Waals surface area (Å²) in [7, 11) is 2.16. The second kappa shape index (κ2) is 6.85. The monoisotopic (exact) mass is 329 g/mol. The lowest BCUT2D eigenvalue weighted by Gasteiger charge is -2.32. The molecule has 0 radical (unpaired) electrons. The minimum absolute atomic E-state index is 0.109. The van der Waals surface area contributed by atoms with Gasteiger partial charge in [0.1, 0.15) is 0 Å². The van der Waals surface area contributed by atoms with Crippen LogP contribution in [-0.4, -0.2) is 62.0 Å². The Morgan fingerprint density at radius 3 is 2.33 bits per heavy atom. The molecule has 24 heavy (non-hydrogen) atoms. The molecule has 4 nitrogen and oxygen atoms in total. The van der Waals surface area contributed by atoms with Gasteiger partial charge in [-0.15, -0.1) is 0 Å². The molecule has 0 bridgehead atoms. The van der Waals surface area contributed by atoms with Crippen molar-refractivity contribution >= 4 is 5.91 Å². The smallest absolute Gasteiger partial charge is 0.221 e. The molecule has 2 fully saturated rings. The third-order valence-corrected chi connectivity index (χ3v) is 6.08. The summed E-state index contributed by atoms with van der Waals surface area (Å²) in [5.74, 6) is 0.187. The van der Waals surface area contributed by atoms with E-state index in [-0.39, 0.29) is 16.7 Å². The van der Waals surface area contributed by atoms with E-state index in [0.717, 1.165) is 45.7 Å². The van der Waals surface area contributed by atoms with Gasteiger partial charge in [0.05, 0.1) is 0 Å². The fourth-order valence-electron chi connectivity index (χ4n) is 4.03. The highest BCUT2D eigenvalue weighted by Crippen LogP contribution is 2.63. The van der Waals surface area contributed by atoms with Gasteiger partial charge >= 0.3 is 0 Å². The minimum atomic E-state index is 0.109. The van der Waals surface area contributed by atoms with Crippen molar-refractivity contribution in [2.24, 2.45) is 5.41 Å². The lowest BCUT2D eigenvalue weighted by atomic mass is 9.88. The number of benzene rings is 1. The van der Waals surface area contributed by atoms with E-state index in [1.165, 1.54) is 5.56 Å². The van der Waals surface area contributed by atoms with Gasteiger partial charge in [0.15, 0.2) is 0 Å². The first-order valence-corrected chi connectivity index (χ1v) is 9.16. The van der Waals surface area contributed by atoms with Gasteiger partial charge in [-0.2, -0.15) is 0 Å². The maximum atomic E-state index is 12.3. The zero-order chi connectivity index (χ0) is 17.2. The molecule has 1 atom stereocenters. The van der Waals surface area contributed by atoms with Crippen LogP contribution in [0.4, 0.5) is 0 Å². The van der Waals surface area contributed by atoms with Crippen LogP contribution in [0, 0.1) is 5.41 Å². The number of amides is 1. The van der Waals surface area contributed by atoms with Gasteiger partial charge in [0.2, 0.25) is 5.91 Å². The Morgan fingerprint density at radius 1 is 1.12 bits per heavy atom. The maximum absolute atomic E-state index is 12.3. The number of carbonyl (C=O) groups is 1. The Morgan fingerprint density at radius 2 is 1.75 bits per heavy atom. The van der Waals surface area contributed by atoms with Crippen molar-refractivity contribution in [3.05, 3.63) is 35.9 Å². The van der Waals surface area contributed by atoms with Crippen molar-refractivity contribution in [2.75, 3.05) is 46.3 Å². The summed E-state index contributed by atoms with van der Waals surface area (Å²) in [4.78, 5) is 17.1. The topological polar surface area (TPSA) is 35.6 Å². The lowest BCUT2D eigenvalue weighted by Crippen LogP contribution is -2.45. The summed E-state index contributed by atoms with van der Waals surface area (Å²) in [6.07, 6.45) is 1.75. The van der Waals surface area contributed by atoms with Crippen LogP contribution < -0.4 is 5.32 Å². The number of likely N-dealkylation sites (N-methyl/N-ethyl adjacent to an activating group) is 1. The lowest BCUT2D eigenvalue weighted by molar-refractivity contribution is -0.121. The van der Waals surface area contributed by atoms with Crippen LogP contribution in [0.1, 0.15) is 32.3 Å². The highest BCUT2D eigenvalue weighted by Gasteiger charge is 2.61. The Balaban J connectivity index is 1.48. The number of hydrogen-bond acceptors (Lipinski definition) is 3. The average molecular weight is 329 g/mol. The summed E-state index contributed by atoms with van der Waals surface area (Å²) in [6.45, 7) is 10.6. The van der Waals surface area contributed by atoms with E-state index in [1.54, 1.807) is 0 Å². The molecule has 1 aromatic carbocycles. The molecule has 4 heteroatoms. The van der Waals surface area contributed by atoms with E-state index in [4.69, 9.17) is 0 Å². The van der Waals surface area contributed by atoms with Crippen molar-refractivity contribution in [2.45, 2.75) is 32.1 Å². The fourth-order valence-corrected chi connectivity index (χ4v) is 4.03. The summed E-state index contributed by atoms with van der Waals surface area (Å²) in [5, 5.41) is 3.21. The average Bonchev–Trinajstić information content (AvgIpc) is 3.16. The largest absolute Gasteiger partial charge is 0.355 e. The quantitative estimate of drug-likeness (QED) is 0.868. The molecule has 1 aliphatic heterocycles. The van der Waals surface area contributed by atoms with Crippen molar-refractivity contribution < 1.29 is 4.79 Å². The Bertz CT molecular complexity index is 564. The maximum Gasteiger partial charge on any atom is 0.221 e. The van der Waals surface area contributed by atoms with Crippen molar-refractivity contribution in [1.82, 2.24) is 15.1 Å². The van der Waals surface area contributed by atoms with E-state index in [2.05, 4.69) is 66.3 Å². The van der Waals surface area contributed by atoms with Gasteiger partial charge < -0.3 is 15.1 Å². The Labute approximate surface area is 146 Å². The number of rotatable bonds is 6. The van der Waals surface area contributed by atoms with Gasteiger partial charge in [-0.05, 0) is 24.4 Å². The molecule has 2 aliphatic rings. The molecule has 0 spiro atoms. The predicted molar refractivity (Wildman–Crippen MR) is 98.1 cm³/mol. The molecular formula is C20H31N3O. The van der Waals surface area contributed by atoms with Gasteiger partial charge in [-0.3, -0.25) is 4.79 Å². The summed E-state index contributed by atoms with van der Waals surface area (Å²) >= 11 is 0. The third-order valence-electron chi connectivity index (χ3n) is 6.08. The molecule has 1 N–H and O–H groups in total. The molecule has 132 valence electrons. The number of nitrogens with zero attached hydrogens (tertiary/aromatic N) is 2. The van der Waals surface area contributed by atoms with Crippen LogP contribution in [-0.2, 0) is 10.2 Å². The van der Waals surface area contributed by atoms with Gasteiger partial charge in [-0.1, -0.05) is 44.2 Å². The molecule has 1 saturated carbocycles. The van der Waals surface area contributed by atoms with Gasteiger partial charge in [-0.25, -0.2) is 0 Å². The molecule has 1 aliphatic carbocycles. The van der Waals surface area contributed by atoms with Gasteiger partial charge in [0.25, 0.3) is 0 Å². The molecule has 0 aromatic heterocycles. The number of hydrogen-bond donors (Lipinski definition) is 1. The SMILES string of the molecule is CN1CCN(CCC(=O)NCC2(c3ccccc3)CC2(C)C)CC1. The Kier molecular flexibility index (Phi) is 4.97. The van der Waals surface area contributed by atoms with Crippen molar-refractivity contribution in [3.8, 4) is 0 Å². The molecule has 3 rings (SSSR count). The minimum Gasteiger partial charge on any atom is -0.355 e. The second-order valence-corrected chi connectivity index (χ2v) is 8.18. The van der Waals surface area contributed by atoms with E-state index in [9.17, 15) is 4.79 Å². The summed E-state index contributed by atoms with van der Waals surface area (Å²) in [5.41, 5.74) is 1.73.